The van der Waals surface area contributed by atoms with E-state index in [-0.39, 0.29) is 6.61 Å². The van der Waals surface area contributed by atoms with Gasteiger partial charge in [-0.15, -0.1) is 0 Å². The van der Waals surface area contributed by atoms with Crippen molar-refractivity contribution in [3.63, 3.8) is 0 Å². The van der Waals surface area contributed by atoms with E-state index in [2.05, 4.69) is 35.9 Å². The summed E-state index contributed by atoms with van der Waals surface area (Å²) in [5.74, 6) is 1.76. The van der Waals surface area contributed by atoms with Crippen LogP contribution in [0.1, 0.15) is 32.3 Å². The van der Waals surface area contributed by atoms with Crippen molar-refractivity contribution in [1.82, 2.24) is 4.98 Å². The van der Waals surface area contributed by atoms with Crippen LogP contribution in [0.25, 0.3) is 10.8 Å². The van der Waals surface area contributed by atoms with E-state index >= 15 is 0 Å². The zero-order chi connectivity index (χ0) is 14.1. The molecule has 1 aromatic heterocycles. The molecule has 1 aliphatic heterocycles. The van der Waals surface area contributed by atoms with Crippen molar-refractivity contribution in [2.24, 2.45) is 5.92 Å². The van der Waals surface area contributed by atoms with E-state index in [1.165, 1.54) is 12.8 Å². The van der Waals surface area contributed by atoms with E-state index in [1.54, 1.807) is 0 Å². The molecule has 1 saturated heterocycles. The lowest BCUT2D eigenvalue weighted by atomic mass is 9.91. The van der Waals surface area contributed by atoms with Crippen LogP contribution in [0.4, 0.5) is 5.82 Å². The van der Waals surface area contributed by atoms with E-state index in [0.717, 1.165) is 28.7 Å². The number of pyridine rings is 1. The Balaban J connectivity index is 2.12. The largest absolute Gasteiger partial charge is 0.392 e. The molecule has 0 spiro atoms. The summed E-state index contributed by atoms with van der Waals surface area (Å²) in [5, 5.41) is 11.7. The van der Waals surface area contributed by atoms with Crippen molar-refractivity contribution in [3.05, 3.63) is 36.0 Å². The van der Waals surface area contributed by atoms with Gasteiger partial charge in [-0.05, 0) is 31.1 Å². The molecule has 3 rings (SSSR count). The quantitative estimate of drug-likeness (QED) is 0.909. The van der Waals surface area contributed by atoms with Gasteiger partial charge in [-0.1, -0.05) is 31.2 Å². The summed E-state index contributed by atoms with van der Waals surface area (Å²) in [7, 11) is 0. The molecule has 2 atom stereocenters. The zero-order valence-electron chi connectivity index (χ0n) is 12.2. The van der Waals surface area contributed by atoms with Gasteiger partial charge in [0.1, 0.15) is 5.82 Å². The molecule has 0 aliphatic carbocycles. The minimum Gasteiger partial charge on any atom is -0.392 e. The maximum atomic E-state index is 9.48. The Morgan fingerprint density at radius 3 is 2.75 bits per heavy atom. The first-order valence-corrected chi connectivity index (χ1v) is 7.46. The second-order valence-corrected chi connectivity index (χ2v) is 5.86. The molecule has 1 aromatic carbocycles. The lowest BCUT2D eigenvalue weighted by Crippen LogP contribution is -2.43. The Bertz CT molecular complexity index is 611. The van der Waals surface area contributed by atoms with Gasteiger partial charge in [0.15, 0.2) is 0 Å². The first-order valence-electron chi connectivity index (χ1n) is 7.46. The molecule has 2 unspecified atom stereocenters. The summed E-state index contributed by atoms with van der Waals surface area (Å²) < 4.78 is 0. The molecule has 0 saturated carbocycles. The minimum absolute atomic E-state index is 0.0414. The van der Waals surface area contributed by atoms with Gasteiger partial charge in [0, 0.05) is 29.7 Å². The number of nitrogens with zero attached hydrogens (tertiary/aromatic N) is 2. The molecule has 2 aromatic rings. The number of rotatable bonds is 2. The van der Waals surface area contributed by atoms with Gasteiger partial charge < -0.3 is 10.0 Å². The van der Waals surface area contributed by atoms with Crippen molar-refractivity contribution in [2.45, 2.75) is 39.3 Å². The van der Waals surface area contributed by atoms with Crippen LogP contribution in [0, 0.1) is 5.92 Å². The molecule has 2 heterocycles. The van der Waals surface area contributed by atoms with Crippen molar-refractivity contribution >= 4 is 16.6 Å². The fourth-order valence-corrected chi connectivity index (χ4v) is 3.23. The fraction of sp³-hybridized carbons (Fsp3) is 0.471. The first-order chi connectivity index (χ1) is 9.72. The number of hydrogen-bond donors (Lipinski definition) is 1. The molecular formula is C17H22N2O. The van der Waals surface area contributed by atoms with E-state index in [0.29, 0.717) is 12.0 Å². The van der Waals surface area contributed by atoms with Gasteiger partial charge in [0.25, 0.3) is 0 Å². The molecule has 3 heteroatoms. The number of hydrogen-bond acceptors (Lipinski definition) is 3. The normalized spacial score (nSPS) is 23.2. The summed E-state index contributed by atoms with van der Waals surface area (Å²) in [5.41, 5.74) is 0.905. The van der Waals surface area contributed by atoms with E-state index in [9.17, 15) is 5.11 Å². The van der Waals surface area contributed by atoms with Crippen LogP contribution in [0.5, 0.6) is 0 Å². The molecule has 0 amide bonds. The summed E-state index contributed by atoms with van der Waals surface area (Å²) in [6.07, 6.45) is 4.34. The average Bonchev–Trinajstić information content (AvgIpc) is 2.49. The number of aliphatic hydroxyl groups excluding tert-OH is 1. The van der Waals surface area contributed by atoms with Gasteiger partial charge >= 0.3 is 0 Å². The van der Waals surface area contributed by atoms with E-state index in [1.807, 2.05) is 18.3 Å². The van der Waals surface area contributed by atoms with Crippen LogP contribution in [0.3, 0.4) is 0 Å². The standard InChI is InChI=1S/C17H22N2O/c1-12-6-5-9-19(13(12)2)17-16-8-4-3-7-15(16)14(11-20)10-18-17/h3-4,7-8,10,12-13,20H,5-6,9,11H2,1-2H3. The van der Waals surface area contributed by atoms with Crippen molar-refractivity contribution in [2.75, 3.05) is 11.4 Å². The van der Waals surface area contributed by atoms with Crippen molar-refractivity contribution in [1.29, 1.82) is 0 Å². The van der Waals surface area contributed by atoms with Crippen molar-refractivity contribution in [3.8, 4) is 0 Å². The lowest BCUT2D eigenvalue weighted by Gasteiger charge is -2.39. The Labute approximate surface area is 120 Å². The van der Waals surface area contributed by atoms with Crippen LogP contribution < -0.4 is 4.90 Å². The summed E-state index contributed by atoms with van der Waals surface area (Å²) in [6.45, 7) is 5.72. The number of fused-ring (bicyclic) bond motifs is 1. The predicted molar refractivity (Wildman–Crippen MR) is 82.9 cm³/mol. The highest BCUT2D eigenvalue weighted by molar-refractivity contribution is 5.94. The number of benzene rings is 1. The monoisotopic (exact) mass is 270 g/mol. The van der Waals surface area contributed by atoms with Gasteiger partial charge in [-0.3, -0.25) is 0 Å². The second-order valence-electron chi connectivity index (χ2n) is 5.86. The number of aromatic nitrogens is 1. The highest BCUT2D eigenvalue weighted by atomic mass is 16.3. The third-order valence-electron chi connectivity index (χ3n) is 4.67. The second kappa shape index (κ2) is 5.41. The predicted octanol–water partition coefficient (Wildman–Crippen LogP) is 3.35. The summed E-state index contributed by atoms with van der Waals surface area (Å²) in [4.78, 5) is 7.08. The van der Waals surface area contributed by atoms with E-state index < -0.39 is 0 Å². The van der Waals surface area contributed by atoms with Gasteiger partial charge in [-0.2, -0.15) is 0 Å². The highest BCUT2D eigenvalue weighted by Crippen LogP contribution is 2.33. The zero-order valence-corrected chi connectivity index (χ0v) is 12.2. The third kappa shape index (κ3) is 2.16. The van der Waals surface area contributed by atoms with Gasteiger partial charge in [0.05, 0.1) is 6.61 Å². The third-order valence-corrected chi connectivity index (χ3v) is 4.67. The van der Waals surface area contributed by atoms with Gasteiger partial charge in [-0.25, -0.2) is 4.98 Å². The summed E-state index contributed by atoms with van der Waals surface area (Å²) >= 11 is 0. The fourth-order valence-electron chi connectivity index (χ4n) is 3.23. The Kier molecular flexibility index (Phi) is 3.62. The van der Waals surface area contributed by atoms with Gasteiger partial charge in [0.2, 0.25) is 0 Å². The van der Waals surface area contributed by atoms with Crippen molar-refractivity contribution < 1.29 is 5.11 Å². The number of piperidine rings is 1. The molecule has 106 valence electrons. The molecule has 1 N–H and O–H groups in total. The molecule has 0 radical (unpaired) electrons. The lowest BCUT2D eigenvalue weighted by molar-refractivity contribution is 0.283. The Morgan fingerprint density at radius 2 is 2.00 bits per heavy atom. The maximum Gasteiger partial charge on any atom is 0.136 e. The molecule has 20 heavy (non-hydrogen) atoms. The van der Waals surface area contributed by atoms with E-state index in [4.69, 9.17) is 0 Å². The molecular weight excluding hydrogens is 248 g/mol. The number of aliphatic hydroxyl groups is 1. The molecule has 1 fully saturated rings. The first kappa shape index (κ1) is 13.4. The van der Waals surface area contributed by atoms with Crippen LogP contribution >= 0.6 is 0 Å². The summed E-state index contributed by atoms with van der Waals surface area (Å²) in [6, 6.07) is 8.77. The van der Waals surface area contributed by atoms with Crippen LogP contribution in [0.15, 0.2) is 30.5 Å². The topological polar surface area (TPSA) is 36.4 Å². The maximum absolute atomic E-state index is 9.48. The van der Waals surface area contributed by atoms with Crippen LogP contribution in [0.2, 0.25) is 0 Å². The SMILES string of the molecule is CC1CCCN(c2ncc(CO)c3ccccc23)C1C. The Morgan fingerprint density at radius 1 is 1.25 bits per heavy atom. The number of anilines is 1. The molecule has 0 bridgehead atoms. The van der Waals surface area contributed by atoms with Crippen LogP contribution in [-0.2, 0) is 6.61 Å². The minimum atomic E-state index is 0.0414. The highest BCUT2D eigenvalue weighted by Gasteiger charge is 2.26. The molecule has 3 nitrogen and oxygen atoms in total. The Hall–Kier alpha value is -1.61. The molecule has 1 aliphatic rings. The smallest absolute Gasteiger partial charge is 0.136 e. The van der Waals surface area contributed by atoms with Crippen LogP contribution in [-0.4, -0.2) is 22.7 Å². The average molecular weight is 270 g/mol.